The van der Waals surface area contributed by atoms with Crippen molar-refractivity contribution in [2.24, 2.45) is 5.73 Å². The van der Waals surface area contributed by atoms with E-state index in [0.29, 0.717) is 12.8 Å². The van der Waals surface area contributed by atoms with Gasteiger partial charge in [0, 0.05) is 0 Å². The van der Waals surface area contributed by atoms with E-state index in [4.69, 9.17) is 5.73 Å². The Morgan fingerprint density at radius 1 is 1.58 bits per heavy atom. The van der Waals surface area contributed by atoms with E-state index in [0.717, 1.165) is 0 Å². The normalized spacial score (nSPS) is 20.2. The largest absolute Gasteiger partial charge is 0.320 e. The molecule has 0 spiro atoms. The van der Waals surface area contributed by atoms with Crippen LogP contribution in [0.3, 0.4) is 0 Å². The van der Waals surface area contributed by atoms with Gasteiger partial charge in [-0.15, -0.1) is 0 Å². The van der Waals surface area contributed by atoms with Crippen LogP contribution in [-0.2, 0) is 14.8 Å². The maximum Gasteiger partial charge on any atom is 0.250 e. The Bertz CT molecular complexity index is 279. The molecule has 70 valence electrons. The summed E-state index contributed by atoms with van der Waals surface area (Å²) in [6.07, 6.45) is 1.28. The van der Waals surface area contributed by atoms with Gasteiger partial charge in [0.15, 0.2) is 0 Å². The van der Waals surface area contributed by atoms with Crippen LogP contribution in [0.2, 0.25) is 0 Å². The van der Waals surface area contributed by atoms with Gasteiger partial charge in [0.2, 0.25) is 15.9 Å². The fourth-order valence-electron chi connectivity index (χ4n) is 0.695. The number of carbonyl (C=O) groups excluding carboxylic acids is 1. The minimum absolute atomic E-state index is 0.375. The van der Waals surface area contributed by atoms with Crippen LogP contribution in [0.1, 0.15) is 19.8 Å². The van der Waals surface area contributed by atoms with Crippen molar-refractivity contribution in [2.75, 3.05) is 0 Å². The molecule has 3 N–H and O–H groups in total. The number of sulfonamides is 1. The topological polar surface area (TPSA) is 89.3 Å². The number of carbonyl (C=O) groups is 1. The lowest BCUT2D eigenvalue weighted by molar-refractivity contribution is -0.120. The number of amides is 1. The first kappa shape index (κ1) is 9.47. The summed E-state index contributed by atoms with van der Waals surface area (Å²) >= 11 is 0. The number of hydrogen-bond donors (Lipinski definition) is 2. The van der Waals surface area contributed by atoms with Crippen molar-refractivity contribution in [3.8, 4) is 0 Å². The Morgan fingerprint density at radius 3 is 2.42 bits per heavy atom. The van der Waals surface area contributed by atoms with E-state index in [-0.39, 0.29) is 5.25 Å². The minimum atomic E-state index is -3.41. The fourth-order valence-corrected chi connectivity index (χ4v) is 2.08. The van der Waals surface area contributed by atoms with Gasteiger partial charge in [0.25, 0.3) is 0 Å². The standard InChI is InChI=1S/C6H12N2O3S/c1-4(7)6(9)8-12(10,11)5-2-3-5/h4-5H,2-3,7H2,1H3,(H,8,9)/t4-/m1/s1. The second kappa shape index (κ2) is 3.02. The van der Waals surface area contributed by atoms with E-state index in [1.54, 1.807) is 0 Å². The summed E-state index contributed by atoms with van der Waals surface area (Å²) < 4.78 is 24.2. The molecule has 1 aliphatic carbocycles. The summed E-state index contributed by atoms with van der Waals surface area (Å²) in [7, 11) is -3.41. The van der Waals surface area contributed by atoms with Crippen molar-refractivity contribution in [1.82, 2.24) is 4.72 Å². The molecule has 1 saturated carbocycles. The Kier molecular flexibility index (Phi) is 2.39. The van der Waals surface area contributed by atoms with Gasteiger partial charge in [0.1, 0.15) is 0 Å². The first-order valence-electron chi connectivity index (χ1n) is 3.74. The van der Waals surface area contributed by atoms with Gasteiger partial charge in [-0.3, -0.25) is 9.52 Å². The summed E-state index contributed by atoms with van der Waals surface area (Å²) in [6, 6.07) is -0.779. The Hall–Kier alpha value is -0.620. The highest BCUT2D eigenvalue weighted by atomic mass is 32.2. The maximum absolute atomic E-state index is 11.1. The molecule has 0 aromatic carbocycles. The second-order valence-corrected chi connectivity index (χ2v) is 4.96. The molecule has 6 heteroatoms. The van der Waals surface area contributed by atoms with Crippen LogP contribution in [0.25, 0.3) is 0 Å². The lowest BCUT2D eigenvalue weighted by Crippen LogP contribution is -2.42. The monoisotopic (exact) mass is 192 g/mol. The quantitative estimate of drug-likeness (QED) is 0.596. The van der Waals surface area contributed by atoms with Crippen molar-refractivity contribution in [1.29, 1.82) is 0 Å². The highest BCUT2D eigenvalue weighted by Gasteiger charge is 2.37. The molecule has 0 radical (unpaired) electrons. The molecule has 0 aromatic rings. The van der Waals surface area contributed by atoms with Gasteiger partial charge < -0.3 is 5.73 Å². The van der Waals surface area contributed by atoms with Crippen LogP contribution < -0.4 is 10.5 Å². The molecular formula is C6H12N2O3S. The smallest absolute Gasteiger partial charge is 0.250 e. The summed E-state index contributed by atoms with van der Waals surface area (Å²) in [5.41, 5.74) is 5.19. The zero-order chi connectivity index (χ0) is 9.35. The molecular weight excluding hydrogens is 180 g/mol. The summed E-state index contributed by atoms with van der Waals surface area (Å²) in [5, 5.41) is -0.375. The third kappa shape index (κ3) is 2.18. The van der Waals surface area contributed by atoms with Crippen molar-refractivity contribution < 1.29 is 13.2 Å². The van der Waals surface area contributed by atoms with Gasteiger partial charge in [-0.2, -0.15) is 0 Å². The van der Waals surface area contributed by atoms with Crippen molar-refractivity contribution in [2.45, 2.75) is 31.1 Å². The predicted octanol–water partition coefficient (Wildman–Crippen LogP) is -1.06. The molecule has 0 saturated heterocycles. The third-order valence-electron chi connectivity index (χ3n) is 1.62. The predicted molar refractivity (Wildman–Crippen MR) is 43.7 cm³/mol. The molecule has 0 heterocycles. The third-order valence-corrected chi connectivity index (χ3v) is 3.45. The van der Waals surface area contributed by atoms with Crippen LogP contribution in [0.4, 0.5) is 0 Å². The van der Waals surface area contributed by atoms with E-state index in [1.807, 2.05) is 4.72 Å². The first-order chi connectivity index (χ1) is 5.43. The molecule has 1 amide bonds. The second-order valence-electron chi connectivity index (χ2n) is 3.00. The van der Waals surface area contributed by atoms with Crippen LogP contribution in [0, 0.1) is 0 Å². The van der Waals surface area contributed by atoms with E-state index >= 15 is 0 Å². The van der Waals surface area contributed by atoms with Crippen LogP contribution in [0.5, 0.6) is 0 Å². The Balaban J connectivity index is 2.55. The van der Waals surface area contributed by atoms with E-state index < -0.39 is 22.0 Å². The molecule has 12 heavy (non-hydrogen) atoms. The zero-order valence-electron chi connectivity index (χ0n) is 6.78. The average Bonchev–Trinajstić information content (AvgIpc) is 2.65. The molecule has 1 aliphatic rings. The lowest BCUT2D eigenvalue weighted by atomic mass is 10.4. The highest BCUT2D eigenvalue weighted by molar-refractivity contribution is 7.90. The molecule has 1 rings (SSSR count). The molecule has 5 nitrogen and oxygen atoms in total. The summed E-state index contributed by atoms with van der Waals surface area (Å²) in [6.45, 7) is 1.44. The SMILES string of the molecule is C[C@@H](N)C(=O)NS(=O)(=O)C1CC1. The average molecular weight is 192 g/mol. The molecule has 1 atom stereocenters. The van der Waals surface area contributed by atoms with Crippen molar-refractivity contribution >= 4 is 15.9 Å². The highest BCUT2D eigenvalue weighted by Crippen LogP contribution is 2.27. The van der Waals surface area contributed by atoms with Gasteiger partial charge in [-0.05, 0) is 19.8 Å². The Labute approximate surface area is 71.4 Å². The van der Waals surface area contributed by atoms with Gasteiger partial charge in [0.05, 0.1) is 11.3 Å². The zero-order valence-corrected chi connectivity index (χ0v) is 7.60. The van der Waals surface area contributed by atoms with E-state index in [9.17, 15) is 13.2 Å². The van der Waals surface area contributed by atoms with Gasteiger partial charge in [-0.1, -0.05) is 0 Å². The van der Waals surface area contributed by atoms with Crippen LogP contribution in [0.15, 0.2) is 0 Å². The molecule has 0 aromatic heterocycles. The van der Waals surface area contributed by atoms with Crippen LogP contribution >= 0.6 is 0 Å². The number of nitrogens with one attached hydrogen (secondary N) is 1. The van der Waals surface area contributed by atoms with Crippen molar-refractivity contribution in [3.05, 3.63) is 0 Å². The molecule has 0 bridgehead atoms. The maximum atomic E-state index is 11.1. The van der Waals surface area contributed by atoms with Crippen molar-refractivity contribution in [3.63, 3.8) is 0 Å². The van der Waals surface area contributed by atoms with Gasteiger partial charge in [-0.25, -0.2) is 8.42 Å². The molecule has 0 aliphatic heterocycles. The first-order valence-corrected chi connectivity index (χ1v) is 5.29. The van der Waals surface area contributed by atoms with E-state index in [1.165, 1.54) is 6.92 Å². The van der Waals surface area contributed by atoms with E-state index in [2.05, 4.69) is 0 Å². The van der Waals surface area contributed by atoms with Crippen LogP contribution in [-0.4, -0.2) is 25.6 Å². The van der Waals surface area contributed by atoms with Gasteiger partial charge >= 0.3 is 0 Å². The molecule has 1 fully saturated rings. The molecule has 0 unspecified atom stereocenters. The lowest BCUT2D eigenvalue weighted by Gasteiger charge is -2.06. The Morgan fingerprint density at radius 2 is 2.08 bits per heavy atom. The number of nitrogens with two attached hydrogens (primary N) is 1. The fraction of sp³-hybridized carbons (Fsp3) is 0.833. The number of rotatable bonds is 3. The summed E-state index contributed by atoms with van der Waals surface area (Å²) in [4.78, 5) is 10.9. The summed E-state index contributed by atoms with van der Waals surface area (Å²) in [5.74, 6) is -0.637. The number of hydrogen-bond acceptors (Lipinski definition) is 4. The minimum Gasteiger partial charge on any atom is -0.320 e.